The molecule has 2 saturated heterocycles. The maximum absolute atomic E-state index is 13.4. The number of fused-ring (bicyclic) bond motifs is 1. The summed E-state index contributed by atoms with van der Waals surface area (Å²) >= 11 is 0. The molecule has 0 bridgehead atoms. The van der Waals surface area contributed by atoms with Crippen LogP contribution in [0.25, 0.3) is 10.9 Å². The minimum atomic E-state index is -0.336. The number of halogens is 1. The Morgan fingerprint density at radius 3 is 2.93 bits per heavy atom. The molecular formula is C22H27FN4O2. The molecule has 154 valence electrons. The first kappa shape index (κ1) is 19.8. The summed E-state index contributed by atoms with van der Waals surface area (Å²) in [4.78, 5) is 31.6. The van der Waals surface area contributed by atoms with Gasteiger partial charge < -0.3 is 15.5 Å². The summed E-state index contributed by atoms with van der Waals surface area (Å²) in [5.74, 6) is -0.0689. The largest absolute Gasteiger partial charge is 0.354 e. The van der Waals surface area contributed by atoms with Gasteiger partial charge in [-0.15, -0.1) is 0 Å². The fourth-order valence-corrected chi connectivity index (χ4v) is 4.32. The van der Waals surface area contributed by atoms with E-state index in [-0.39, 0.29) is 29.6 Å². The van der Waals surface area contributed by atoms with Crippen LogP contribution in [0.2, 0.25) is 0 Å². The first-order valence-electron chi connectivity index (χ1n) is 10.4. The van der Waals surface area contributed by atoms with Gasteiger partial charge >= 0.3 is 0 Å². The third-order valence-electron chi connectivity index (χ3n) is 5.95. The summed E-state index contributed by atoms with van der Waals surface area (Å²) in [7, 11) is 0. The minimum Gasteiger partial charge on any atom is -0.354 e. The highest BCUT2D eigenvalue weighted by atomic mass is 19.1. The van der Waals surface area contributed by atoms with Gasteiger partial charge in [0.1, 0.15) is 5.82 Å². The molecule has 2 amide bonds. The van der Waals surface area contributed by atoms with E-state index >= 15 is 0 Å². The average Bonchev–Trinajstić information content (AvgIpc) is 3.26. The Morgan fingerprint density at radius 1 is 1.28 bits per heavy atom. The van der Waals surface area contributed by atoms with Crippen molar-refractivity contribution in [1.82, 2.24) is 20.5 Å². The number of carbonyl (C=O) groups excluding carboxylic acids is 2. The van der Waals surface area contributed by atoms with Crippen molar-refractivity contribution in [3.8, 4) is 0 Å². The fraction of sp³-hybridized carbons (Fsp3) is 0.500. The van der Waals surface area contributed by atoms with E-state index in [1.165, 1.54) is 12.1 Å². The fourth-order valence-electron chi connectivity index (χ4n) is 4.32. The molecule has 4 rings (SSSR count). The number of hydrogen-bond acceptors (Lipinski definition) is 4. The molecule has 29 heavy (non-hydrogen) atoms. The maximum atomic E-state index is 13.4. The molecule has 2 unspecified atom stereocenters. The van der Waals surface area contributed by atoms with Crippen LogP contribution in [0.15, 0.2) is 24.3 Å². The maximum Gasteiger partial charge on any atom is 0.255 e. The quantitative estimate of drug-likeness (QED) is 0.830. The average molecular weight is 398 g/mol. The molecule has 1 aromatic heterocycles. The van der Waals surface area contributed by atoms with E-state index in [0.29, 0.717) is 36.4 Å². The number of hydrogen-bond donors (Lipinski definition) is 2. The molecule has 0 aliphatic carbocycles. The van der Waals surface area contributed by atoms with E-state index in [4.69, 9.17) is 0 Å². The van der Waals surface area contributed by atoms with Crippen molar-refractivity contribution < 1.29 is 14.0 Å². The number of benzene rings is 1. The van der Waals surface area contributed by atoms with Gasteiger partial charge in [0.25, 0.3) is 5.91 Å². The lowest BCUT2D eigenvalue weighted by Gasteiger charge is -2.33. The van der Waals surface area contributed by atoms with E-state index in [0.717, 1.165) is 37.6 Å². The Morgan fingerprint density at radius 2 is 2.14 bits per heavy atom. The number of likely N-dealkylation sites (tertiary alicyclic amines) is 1. The van der Waals surface area contributed by atoms with Crippen LogP contribution in [0.1, 0.15) is 41.7 Å². The molecule has 7 heteroatoms. The van der Waals surface area contributed by atoms with Gasteiger partial charge in [0.2, 0.25) is 5.91 Å². The molecule has 2 atom stereocenters. The van der Waals surface area contributed by atoms with Gasteiger partial charge in [-0.05, 0) is 63.3 Å². The second-order valence-corrected chi connectivity index (χ2v) is 8.11. The van der Waals surface area contributed by atoms with Crippen LogP contribution in [-0.4, -0.2) is 53.9 Å². The number of carbonyl (C=O) groups is 2. The molecule has 2 fully saturated rings. The first-order chi connectivity index (χ1) is 14.0. The van der Waals surface area contributed by atoms with Crippen LogP contribution >= 0.6 is 0 Å². The molecule has 1 aromatic carbocycles. The zero-order valence-corrected chi connectivity index (χ0v) is 16.7. The predicted octanol–water partition coefficient (Wildman–Crippen LogP) is 2.40. The minimum absolute atomic E-state index is 0.0466. The zero-order valence-electron chi connectivity index (χ0n) is 16.7. The summed E-state index contributed by atoms with van der Waals surface area (Å²) in [6.07, 6.45) is 3.84. The van der Waals surface area contributed by atoms with Crippen molar-refractivity contribution in [2.24, 2.45) is 5.92 Å². The predicted molar refractivity (Wildman–Crippen MR) is 109 cm³/mol. The van der Waals surface area contributed by atoms with Crippen molar-refractivity contribution in [3.05, 3.63) is 41.3 Å². The van der Waals surface area contributed by atoms with Crippen molar-refractivity contribution in [2.45, 2.75) is 38.6 Å². The van der Waals surface area contributed by atoms with Gasteiger partial charge in [-0.3, -0.25) is 14.6 Å². The monoisotopic (exact) mass is 398 g/mol. The van der Waals surface area contributed by atoms with Gasteiger partial charge in [-0.1, -0.05) is 0 Å². The number of piperidine rings is 1. The third kappa shape index (κ3) is 4.40. The number of rotatable bonds is 4. The Kier molecular flexibility index (Phi) is 5.76. The molecule has 0 radical (unpaired) electrons. The molecule has 6 nitrogen and oxygen atoms in total. The second-order valence-electron chi connectivity index (χ2n) is 8.11. The van der Waals surface area contributed by atoms with Crippen LogP contribution in [0.4, 0.5) is 4.39 Å². The van der Waals surface area contributed by atoms with Gasteiger partial charge in [-0.2, -0.15) is 0 Å². The lowest BCUT2D eigenvalue weighted by molar-refractivity contribution is -0.123. The highest BCUT2D eigenvalue weighted by Gasteiger charge is 2.27. The van der Waals surface area contributed by atoms with E-state index in [1.807, 2.05) is 4.90 Å². The second kappa shape index (κ2) is 8.45. The van der Waals surface area contributed by atoms with E-state index < -0.39 is 0 Å². The van der Waals surface area contributed by atoms with Gasteiger partial charge in [-0.25, -0.2) is 4.39 Å². The van der Waals surface area contributed by atoms with Crippen LogP contribution in [0.3, 0.4) is 0 Å². The first-order valence-corrected chi connectivity index (χ1v) is 10.4. The molecule has 2 aliphatic rings. The standard InChI is InChI=1S/C22H27FN4O2/c1-14-18(10-16-6-7-17(23)11-20(16)26-14)22(29)27-9-3-4-15(13-27)12-25-21(28)19-5-2-8-24-19/h6-7,10-11,15,19,24H,2-5,8-9,12-13H2,1H3,(H,25,28). The van der Waals surface area contributed by atoms with Gasteiger partial charge in [0.05, 0.1) is 22.8 Å². The van der Waals surface area contributed by atoms with Crippen molar-refractivity contribution >= 4 is 22.7 Å². The Balaban J connectivity index is 1.42. The summed E-state index contributed by atoms with van der Waals surface area (Å²) in [5.41, 5.74) is 1.72. The molecule has 3 heterocycles. The summed E-state index contributed by atoms with van der Waals surface area (Å²) in [6.45, 7) is 4.60. The van der Waals surface area contributed by atoms with Gasteiger partial charge in [0, 0.05) is 31.1 Å². The Labute approximate surface area is 169 Å². The normalized spacial score (nSPS) is 22.1. The molecule has 2 N–H and O–H groups in total. The number of nitrogens with one attached hydrogen (secondary N) is 2. The molecule has 2 aliphatic heterocycles. The highest BCUT2D eigenvalue weighted by molar-refractivity contribution is 5.98. The van der Waals surface area contributed by atoms with E-state index in [9.17, 15) is 14.0 Å². The van der Waals surface area contributed by atoms with Crippen LogP contribution in [0, 0.1) is 18.7 Å². The highest BCUT2D eigenvalue weighted by Crippen LogP contribution is 2.22. The van der Waals surface area contributed by atoms with Crippen LogP contribution in [-0.2, 0) is 4.79 Å². The summed E-state index contributed by atoms with van der Waals surface area (Å²) in [5, 5.41) is 7.01. The zero-order chi connectivity index (χ0) is 20.4. The number of amides is 2. The summed E-state index contributed by atoms with van der Waals surface area (Å²) < 4.78 is 13.4. The van der Waals surface area contributed by atoms with Crippen molar-refractivity contribution in [1.29, 1.82) is 0 Å². The number of aromatic nitrogens is 1. The topological polar surface area (TPSA) is 74.3 Å². The third-order valence-corrected chi connectivity index (χ3v) is 5.95. The smallest absolute Gasteiger partial charge is 0.255 e. The lowest BCUT2D eigenvalue weighted by atomic mass is 9.96. The van der Waals surface area contributed by atoms with E-state index in [1.54, 1.807) is 19.1 Å². The number of aryl methyl sites for hydroxylation is 1. The van der Waals surface area contributed by atoms with Crippen molar-refractivity contribution in [3.63, 3.8) is 0 Å². The molecule has 2 aromatic rings. The Hall–Kier alpha value is -2.54. The molecule has 0 spiro atoms. The summed E-state index contributed by atoms with van der Waals surface area (Å²) in [6, 6.07) is 6.14. The number of pyridine rings is 1. The lowest BCUT2D eigenvalue weighted by Crippen LogP contribution is -2.46. The molecular weight excluding hydrogens is 371 g/mol. The SMILES string of the molecule is Cc1nc2cc(F)ccc2cc1C(=O)N1CCCC(CNC(=O)C2CCCN2)C1. The van der Waals surface area contributed by atoms with Crippen LogP contribution < -0.4 is 10.6 Å². The Bertz CT molecular complexity index is 926. The van der Waals surface area contributed by atoms with Crippen LogP contribution in [0.5, 0.6) is 0 Å². The number of nitrogens with zero attached hydrogens (tertiary/aromatic N) is 2. The molecule has 0 saturated carbocycles. The van der Waals surface area contributed by atoms with E-state index in [2.05, 4.69) is 15.6 Å². The van der Waals surface area contributed by atoms with Gasteiger partial charge in [0.15, 0.2) is 0 Å². The van der Waals surface area contributed by atoms with Crippen molar-refractivity contribution in [2.75, 3.05) is 26.2 Å².